The van der Waals surface area contributed by atoms with Crippen LogP contribution in [0.25, 0.3) is 6.08 Å². The highest BCUT2D eigenvalue weighted by molar-refractivity contribution is 6.16. The Morgan fingerprint density at radius 3 is 1.49 bits per heavy atom. The molecule has 0 fully saturated rings. The summed E-state index contributed by atoms with van der Waals surface area (Å²) in [4.78, 5) is 23.6. The van der Waals surface area contributed by atoms with E-state index in [0.717, 1.165) is 51.4 Å². The molecular formula is C28H44O7. The lowest BCUT2D eigenvalue weighted by Crippen LogP contribution is -2.15. The van der Waals surface area contributed by atoms with Crippen molar-refractivity contribution in [1.82, 2.24) is 0 Å². The van der Waals surface area contributed by atoms with Gasteiger partial charge in [-0.1, -0.05) is 79.1 Å². The van der Waals surface area contributed by atoms with Gasteiger partial charge in [-0.25, -0.2) is 9.59 Å². The van der Waals surface area contributed by atoms with E-state index in [1.807, 2.05) is 0 Å². The molecular weight excluding hydrogens is 448 g/mol. The highest BCUT2D eigenvalue weighted by Gasteiger charge is 2.29. The normalized spacial score (nSPS) is 12.6. The van der Waals surface area contributed by atoms with E-state index in [0.29, 0.717) is 29.5 Å². The first-order valence-electron chi connectivity index (χ1n) is 12.9. The van der Waals surface area contributed by atoms with Gasteiger partial charge in [-0.3, -0.25) is 0 Å². The van der Waals surface area contributed by atoms with E-state index in [4.69, 9.17) is 9.47 Å². The number of methoxy groups -OCH3 is 2. The maximum atomic E-state index is 11.8. The van der Waals surface area contributed by atoms with Gasteiger partial charge in [-0.2, -0.15) is 0 Å². The number of phenols is 1. The number of benzene rings is 1. The van der Waals surface area contributed by atoms with Gasteiger partial charge in [0, 0.05) is 11.1 Å². The van der Waals surface area contributed by atoms with Crippen molar-refractivity contribution in [3.8, 4) is 17.2 Å². The van der Waals surface area contributed by atoms with Crippen LogP contribution in [-0.2, 0) is 22.4 Å². The van der Waals surface area contributed by atoms with Crippen molar-refractivity contribution in [1.29, 1.82) is 0 Å². The van der Waals surface area contributed by atoms with Crippen molar-refractivity contribution in [2.75, 3.05) is 14.2 Å². The minimum absolute atomic E-state index is 0.125. The van der Waals surface area contributed by atoms with Crippen LogP contribution >= 0.6 is 0 Å². The first kappa shape index (κ1) is 30.3. The summed E-state index contributed by atoms with van der Waals surface area (Å²) in [5.74, 6) is -2.19. The third-order valence-electron chi connectivity index (χ3n) is 6.86. The Morgan fingerprint density at radius 2 is 1.20 bits per heavy atom. The zero-order chi connectivity index (χ0) is 26.5. The molecule has 1 aromatic carbocycles. The fourth-order valence-electron chi connectivity index (χ4n) is 4.66. The van der Waals surface area contributed by atoms with Crippen molar-refractivity contribution in [2.45, 2.75) is 91.9 Å². The Bertz CT molecular complexity index is 810. The molecule has 0 radical (unpaired) electrons. The van der Waals surface area contributed by atoms with Gasteiger partial charge in [0.15, 0.2) is 11.5 Å². The van der Waals surface area contributed by atoms with Crippen LogP contribution in [0.4, 0.5) is 0 Å². The summed E-state index contributed by atoms with van der Waals surface area (Å²) in [6.07, 6.45) is 10.2. The van der Waals surface area contributed by atoms with Gasteiger partial charge in [0.05, 0.1) is 14.2 Å². The number of carbonyl (C=O) groups is 2. The van der Waals surface area contributed by atoms with E-state index in [9.17, 15) is 24.9 Å². The van der Waals surface area contributed by atoms with Crippen LogP contribution in [-0.4, -0.2) is 41.5 Å². The van der Waals surface area contributed by atoms with Gasteiger partial charge in [-0.15, -0.1) is 0 Å². The van der Waals surface area contributed by atoms with Crippen LogP contribution in [0.5, 0.6) is 17.2 Å². The average Bonchev–Trinajstić information content (AvgIpc) is 2.83. The molecule has 0 aromatic heterocycles. The Hall–Kier alpha value is -2.70. The molecule has 0 spiro atoms. The lowest BCUT2D eigenvalue weighted by Gasteiger charge is -2.26. The molecule has 1 rings (SSSR count). The van der Waals surface area contributed by atoms with Gasteiger partial charge in [0.25, 0.3) is 0 Å². The lowest BCUT2D eigenvalue weighted by molar-refractivity contribution is -0.140. The summed E-state index contributed by atoms with van der Waals surface area (Å²) in [6, 6.07) is 0. The number of hydrogen-bond donors (Lipinski definition) is 3. The van der Waals surface area contributed by atoms with E-state index >= 15 is 0 Å². The SMILES string of the molecule is CCCCC(CC)Cc1c(C=C(C(=O)O)C(=O)O)c(CC(CC)CCCC)c(OC)c(O)c1OC. The maximum absolute atomic E-state index is 11.8. The van der Waals surface area contributed by atoms with E-state index in [1.54, 1.807) is 0 Å². The van der Waals surface area contributed by atoms with Crippen molar-refractivity contribution < 1.29 is 34.4 Å². The number of hydrogen-bond acceptors (Lipinski definition) is 5. The van der Waals surface area contributed by atoms with E-state index in [-0.39, 0.29) is 29.1 Å². The van der Waals surface area contributed by atoms with Crippen LogP contribution in [0.15, 0.2) is 5.57 Å². The minimum Gasteiger partial charge on any atom is -0.502 e. The molecule has 7 nitrogen and oxygen atoms in total. The second-order valence-corrected chi connectivity index (χ2v) is 9.20. The summed E-state index contributed by atoms with van der Waals surface area (Å²) < 4.78 is 11.2. The quantitative estimate of drug-likeness (QED) is 0.130. The molecule has 0 amide bonds. The topological polar surface area (TPSA) is 113 Å². The van der Waals surface area contributed by atoms with Crippen LogP contribution in [0.1, 0.15) is 95.8 Å². The zero-order valence-electron chi connectivity index (χ0n) is 22.3. The number of aliphatic carboxylic acids is 2. The Kier molecular flexibility index (Phi) is 13.3. The molecule has 0 heterocycles. The fourth-order valence-corrected chi connectivity index (χ4v) is 4.66. The predicted molar refractivity (Wildman–Crippen MR) is 138 cm³/mol. The maximum Gasteiger partial charge on any atom is 0.343 e. The Morgan fingerprint density at radius 1 is 0.800 bits per heavy atom. The number of rotatable bonds is 17. The molecule has 3 N–H and O–H groups in total. The van der Waals surface area contributed by atoms with Crippen LogP contribution in [0, 0.1) is 11.8 Å². The van der Waals surface area contributed by atoms with Gasteiger partial charge < -0.3 is 24.8 Å². The zero-order valence-corrected chi connectivity index (χ0v) is 22.3. The lowest BCUT2D eigenvalue weighted by atomic mass is 9.83. The number of carboxylic acid groups (broad SMARTS) is 2. The monoisotopic (exact) mass is 492 g/mol. The third kappa shape index (κ3) is 8.18. The average molecular weight is 493 g/mol. The van der Waals surface area contributed by atoms with Crippen LogP contribution in [0.2, 0.25) is 0 Å². The van der Waals surface area contributed by atoms with Gasteiger partial charge >= 0.3 is 11.9 Å². The van der Waals surface area contributed by atoms with Gasteiger partial charge in [0.2, 0.25) is 5.75 Å². The molecule has 0 saturated carbocycles. The Balaban J connectivity index is 3.98. The van der Waals surface area contributed by atoms with Crippen molar-refractivity contribution >= 4 is 18.0 Å². The predicted octanol–water partition coefficient (Wildman–Crippen LogP) is 6.48. The second-order valence-electron chi connectivity index (χ2n) is 9.20. The molecule has 35 heavy (non-hydrogen) atoms. The number of ether oxygens (including phenoxy) is 2. The van der Waals surface area contributed by atoms with Crippen molar-refractivity contribution in [2.24, 2.45) is 11.8 Å². The molecule has 0 bridgehead atoms. The summed E-state index contributed by atoms with van der Waals surface area (Å²) in [5.41, 5.74) is 1.01. The molecule has 2 atom stereocenters. The molecule has 1 aromatic rings. The molecule has 0 aliphatic carbocycles. The Labute approximate surface area is 210 Å². The summed E-state index contributed by atoms with van der Waals surface area (Å²) in [5, 5.41) is 30.4. The van der Waals surface area contributed by atoms with Crippen LogP contribution in [0.3, 0.4) is 0 Å². The number of aromatic hydroxyl groups is 1. The van der Waals surface area contributed by atoms with Crippen molar-refractivity contribution in [3.63, 3.8) is 0 Å². The summed E-state index contributed by atoms with van der Waals surface area (Å²) in [7, 11) is 2.90. The number of phenolic OH excluding ortho intramolecular Hbond substituents is 1. The standard InChI is InChI=1S/C28H44O7/c1-7-11-13-18(9-3)15-21-20(17-23(27(30)31)28(32)33)22(16-19(10-4)14-12-8-2)26(35-6)24(29)25(21)34-5/h17-19,29H,7-16H2,1-6H3,(H,30,31)(H,32,33). The fraction of sp³-hybridized carbons (Fsp3) is 0.643. The van der Waals surface area contributed by atoms with Crippen molar-refractivity contribution in [3.05, 3.63) is 22.3 Å². The van der Waals surface area contributed by atoms with Crippen LogP contribution < -0.4 is 9.47 Å². The molecule has 7 heteroatoms. The first-order chi connectivity index (χ1) is 16.7. The highest BCUT2D eigenvalue weighted by Crippen LogP contribution is 2.47. The number of unbranched alkanes of at least 4 members (excludes halogenated alkanes) is 2. The smallest absolute Gasteiger partial charge is 0.343 e. The molecule has 2 unspecified atom stereocenters. The second kappa shape index (κ2) is 15.3. The summed E-state index contributed by atoms with van der Waals surface area (Å²) in [6.45, 7) is 8.47. The first-order valence-corrected chi connectivity index (χ1v) is 12.9. The van der Waals surface area contributed by atoms with E-state index in [2.05, 4.69) is 27.7 Å². The number of carboxylic acids is 2. The molecule has 198 valence electrons. The van der Waals surface area contributed by atoms with Gasteiger partial charge in [0.1, 0.15) is 5.57 Å². The highest BCUT2D eigenvalue weighted by atomic mass is 16.5. The minimum atomic E-state index is -1.52. The largest absolute Gasteiger partial charge is 0.502 e. The molecule has 0 saturated heterocycles. The summed E-state index contributed by atoms with van der Waals surface area (Å²) >= 11 is 0. The molecule has 0 aliphatic heterocycles. The third-order valence-corrected chi connectivity index (χ3v) is 6.86. The van der Waals surface area contributed by atoms with E-state index < -0.39 is 17.5 Å². The van der Waals surface area contributed by atoms with E-state index in [1.165, 1.54) is 20.3 Å². The van der Waals surface area contributed by atoms with Gasteiger partial charge in [-0.05, 0) is 36.3 Å². The molecule has 0 aliphatic rings.